The number of ether oxygens (including phenoxy) is 1. The first-order valence-corrected chi connectivity index (χ1v) is 5.93. The maximum Gasteiger partial charge on any atom is 0.164 e. The van der Waals surface area contributed by atoms with Crippen LogP contribution >= 0.6 is 0 Å². The van der Waals surface area contributed by atoms with Crippen LogP contribution in [0.15, 0.2) is 30.6 Å². The minimum absolute atomic E-state index is 0.345. The van der Waals surface area contributed by atoms with Gasteiger partial charge in [0.05, 0.1) is 0 Å². The fourth-order valence-corrected chi connectivity index (χ4v) is 1.62. The number of benzene rings is 1. The summed E-state index contributed by atoms with van der Waals surface area (Å²) in [6.07, 6.45) is 1.52. The summed E-state index contributed by atoms with van der Waals surface area (Å²) in [4.78, 5) is 4.11. The molecule has 0 radical (unpaired) electrons. The average Bonchev–Trinajstić information content (AvgIpc) is 2.81. The highest BCUT2D eigenvalue weighted by Crippen LogP contribution is 2.17. The molecule has 2 rings (SSSR count). The predicted molar refractivity (Wildman–Crippen MR) is 69.3 cm³/mol. The number of aromatic nitrogens is 3. The Labute approximate surface area is 107 Å². The molecule has 0 amide bonds. The maximum atomic E-state index is 5.66. The number of aryl methyl sites for hydroxylation is 1. The van der Waals surface area contributed by atoms with Crippen LogP contribution < -0.4 is 10.1 Å². The largest absolute Gasteiger partial charge is 0.486 e. The number of hydrogen-bond acceptors (Lipinski definition) is 4. The van der Waals surface area contributed by atoms with Crippen LogP contribution in [0.2, 0.25) is 0 Å². The number of hydrogen-bond donors (Lipinski definition) is 1. The molecule has 0 saturated carbocycles. The second-order valence-corrected chi connectivity index (χ2v) is 4.17. The van der Waals surface area contributed by atoms with Gasteiger partial charge in [-0.15, -0.1) is 0 Å². The van der Waals surface area contributed by atoms with Gasteiger partial charge in [-0.2, -0.15) is 5.10 Å². The highest BCUT2D eigenvalue weighted by atomic mass is 16.5. The Kier molecular flexibility index (Phi) is 3.94. The van der Waals surface area contributed by atoms with Crippen LogP contribution in [-0.2, 0) is 13.7 Å². The first-order valence-electron chi connectivity index (χ1n) is 5.93. The second-order valence-electron chi connectivity index (χ2n) is 4.17. The molecule has 5 nitrogen and oxygen atoms in total. The van der Waals surface area contributed by atoms with E-state index in [0.717, 1.165) is 11.6 Å². The normalized spacial score (nSPS) is 12.4. The number of nitrogens with zero attached hydrogens (tertiary/aromatic N) is 3. The molecule has 18 heavy (non-hydrogen) atoms. The summed E-state index contributed by atoms with van der Waals surface area (Å²) in [7, 11) is 3.80. The highest BCUT2D eigenvalue weighted by Gasteiger charge is 2.04. The number of nitrogens with one attached hydrogen (secondary N) is 1. The van der Waals surface area contributed by atoms with Crippen molar-refractivity contribution >= 4 is 0 Å². The average molecular weight is 246 g/mol. The Hall–Kier alpha value is -1.88. The van der Waals surface area contributed by atoms with Gasteiger partial charge in [-0.05, 0) is 31.7 Å². The molecule has 1 aromatic heterocycles. The molecular weight excluding hydrogens is 228 g/mol. The minimum Gasteiger partial charge on any atom is -0.486 e. The summed E-state index contributed by atoms with van der Waals surface area (Å²) < 4.78 is 7.36. The molecule has 0 spiro atoms. The Balaban J connectivity index is 1.96. The van der Waals surface area contributed by atoms with Gasteiger partial charge in [0, 0.05) is 13.1 Å². The van der Waals surface area contributed by atoms with E-state index in [0.29, 0.717) is 12.6 Å². The van der Waals surface area contributed by atoms with Gasteiger partial charge in [-0.1, -0.05) is 12.1 Å². The first-order chi connectivity index (χ1) is 8.70. The van der Waals surface area contributed by atoms with Gasteiger partial charge < -0.3 is 10.1 Å². The van der Waals surface area contributed by atoms with Gasteiger partial charge in [0.25, 0.3) is 0 Å². The summed E-state index contributed by atoms with van der Waals surface area (Å²) in [6, 6.07) is 8.41. The van der Waals surface area contributed by atoms with Gasteiger partial charge in [0.2, 0.25) is 0 Å². The third-order valence-electron chi connectivity index (χ3n) is 2.99. The van der Waals surface area contributed by atoms with Crippen LogP contribution in [-0.4, -0.2) is 21.8 Å². The molecule has 1 N–H and O–H groups in total. The summed E-state index contributed by atoms with van der Waals surface area (Å²) in [6.45, 7) is 2.55. The Morgan fingerprint density at radius 1 is 1.33 bits per heavy atom. The lowest BCUT2D eigenvalue weighted by atomic mass is 10.1. The predicted octanol–water partition coefficient (Wildman–Crippen LogP) is 1.67. The van der Waals surface area contributed by atoms with Crippen molar-refractivity contribution in [3.63, 3.8) is 0 Å². The molecule has 1 atom stereocenters. The van der Waals surface area contributed by atoms with Crippen LogP contribution in [0, 0.1) is 0 Å². The molecule has 1 aromatic carbocycles. The minimum atomic E-state index is 0.345. The van der Waals surface area contributed by atoms with E-state index in [9.17, 15) is 0 Å². The Morgan fingerprint density at radius 3 is 2.61 bits per heavy atom. The highest BCUT2D eigenvalue weighted by molar-refractivity contribution is 5.28. The van der Waals surface area contributed by atoms with E-state index in [4.69, 9.17) is 4.74 Å². The van der Waals surface area contributed by atoms with Gasteiger partial charge in [0.15, 0.2) is 5.82 Å². The van der Waals surface area contributed by atoms with Crippen molar-refractivity contribution in [2.45, 2.75) is 19.6 Å². The lowest BCUT2D eigenvalue weighted by molar-refractivity contribution is 0.289. The first kappa shape index (κ1) is 12.6. The summed E-state index contributed by atoms with van der Waals surface area (Å²) in [5.74, 6) is 1.65. The van der Waals surface area contributed by atoms with E-state index in [-0.39, 0.29) is 0 Å². The van der Waals surface area contributed by atoms with E-state index in [1.807, 2.05) is 26.2 Å². The molecule has 5 heteroatoms. The summed E-state index contributed by atoms with van der Waals surface area (Å²) in [5, 5.41) is 7.19. The molecule has 1 unspecified atom stereocenters. The van der Waals surface area contributed by atoms with Crippen molar-refractivity contribution in [3.8, 4) is 5.75 Å². The quantitative estimate of drug-likeness (QED) is 0.872. The van der Waals surface area contributed by atoms with Crippen molar-refractivity contribution in [1.29, 1.82) is 0 Å². The van der Waals surface area contributed by atoms with Crippen LogP contribution in [0.25, 0.3) is 0 Å². The van der Waals surface area contributed by atoms with E-state index in [2.05, 4.69) is 34.5 Å². The third-order valence-corrected chi connectivity index (χ3v) is 2.99. The van der Waals surface area contributed by atoms with Crippen molar-refractivity contribution in [2.24, 2.45) is 7.05 Å². The fraction of sp³-hybridized carbons (Fsp3) is 0.385. The molecule has 2 aromatic rings. The molecule has 0 aliphatic heterocycles. The van der Waals surface area contributed by atoms with Crippen LogP contribution in [0.1, 0.15) is 24.4 Å². The second kappa shape index (κ2) is 5.64. The zero-order valence-electron chi connectivity index (χ0n) is 10.9. The molecule has 0 aliphatic carbocycles. The molecular formula is C13H18N4O. The monoisotopic (exact) mass is 246 g/mol. The third kappa shape index (κ3) is 2.87. The van der Waals surface area contributed by atoms with Gasteiger partial charge in [0.1, 0.15) is 18.7 Å². The Morgan fingerprint density at radius 2 is 2.06 bits per heavy atom. The van der Waals surface area contributed by atoms with E-state index in [1.54, 1.807) is 4.68 Å². The van der Waals surface area contributed by atoms with E-state index < -0.39 is 0 Å². The van der Waals surface area contributed by atoms with Crippen molar-refractivity contribution in [3.05, 3.63) is 42.0 Å². The van der Waals surface area contributed by atoms with Gasteiger partial charge in [-0.25, -0.2) is 4.98 Å². The van der Waals surface area contributed by atoms with Crippen LogP contribution in [0.4, 0.5) is 0 Å². The molecule has 0 bridgehead atoms. The van der Waals surface area contributed by atoms with Crippen LogP contribution in [0.5, 0.6) is 5.75 Å². The molecule has 0 saturated heterocycles. The van der Waals surface area contributed by atoms with Crippen molar-refractivity contribution in [2.75, 3.05) is 7.05 Å². The SMILES string of the molecule is CNC(C)c1ccc(OCc2ncnn2C)cc1. The zero-order chi connectivity index (χ0) is 13.0. The van der Waals surface area contributed by atoms with E-state index in [1.165, 1.54) is 11.9 Å². The lowest BCUT2D eigenvalue weighted by Crippen LogP contribution is -2.12. The van der Waals surface area contributed by atoms with Crippen molar-refractivity contribution < 1.29 is 4.74 Å². The van der Waals surface area contributed by atoms with Gasteiger partial charge >= 0.3 is 0 Å². The standard InChI is InChI=1S/C13H18N4O/c1-10(14-2)11-4-6-12(7-5-11)18-8-13-15-9-16-17(13)3/h4-7,9-10,14H,8H2,1-3H3. The number of rotatable bonds is 5. The Bertz CT molecular complexity index is 492. The molecule has 0 fully saturated rings. The summed E-state index contributed by atoms with van der Waals surface area (Å²) >= 11 is 0. The zero-order valence-corrected chi connectivity index (χ0v) is 10.9. The maximum absolute atomic E-state index is 5.66. The summed E-state index contributed by atoms with van der Waals surface area (Å²) in [5.41, 5.74) is 1.24. The van der Waals surface area contributed by atoms with Gasteiger partial charge in [-0.3, -0.25) is 4.68 Å². The molecule has 1 heterocycles. The van der Waals surface area contributed by atoms with E-state index >= 15 is 0 Å². The lowest BCUT2D eigenvalue weighted by Gasteiger charge is -2.11. The molecule has 0 aliphatic rings. The van der Waals surface area contributed by atoms with Crippen molar-refractivity contribution in [1.82, 2.24) is 20.1 Å². The topological polar surface area (TPSA) is 52.0 Å². The smallest absolute Gasteiger partial charge is 0.164 e. The fourth-order valence-electron chi connectivity index (χ4n) is 1.62. The van der Waals surface area contributed by atoms with Crippen LogP contribution in [0.3, 0.4) is 0 Å². The molecule has 96 valence electrons.